The fourth-order valence-electron chi connectivity index (χ4n) is 2.32. The van der Waals surface area contributed by atoms with Gasteiger partial charge in [-0.2, -0.15) is 0 Å². The van der Waals surface area contributed by atoms with Crippen molar-refractivity contribution in [3.05, 3.63) is 29.8 Å². The Hall–Kier alpha value is -1.07. The van der Waals surface area contributed by atoms with Crippen LogP contribution in [0.2, 0.25) is 0 Å². The zero-order chi connectivity index (χ0) is 15.3. The van der Waals surface area contributed by atoms with E-state index in [1.165, 1.54) is 0 Å². The standard InChI is InChI=1S/C16H22BrNO3/c1-12(2)21-14-5-3-13(4-6-14)15(19)18-16(11-17)7-9-20-10-8-16/h3-6,12H,7-11H2,1-2H3,(H,18,19). The number of benzene rings is 1. The zero-order valence-corrected chi connectivity index (χ0v) is 14.1. The summed E-state index contributed by atoms with van der Waals surface area (Å²) in [7, 11) is 0. The molecule has 1 aliphatic heterocycles. The second kappa shape index (κ2) is 7.27. The van der Waals surface area contributed by atoms with E-state index in [2.05, 4.69) is 21.2 Å². The molecule has 0 bridgehead atoms. The molecule has 0 unspecified atom stereocenters. The van der Waals surface area contributed by atoms with Crippen LogP contribution in [-0.2, 0) is 4.74 Å². The summed E-state index contributed by atoms with van der Waals surface area (Å²) in [6, 6.07) is 7.27. The van der Waals surface area contributed by atoms with E-state index in [0.717, 1.165) is 23.9 Å². The van der Waals surface area contributed by atoms with Crippen LogP contribution in [0.1, 0.15) is 37.0 Å². The van der Waals surface area contributed by atoms with Crippen LogP contribution in [0, 0.1) is 0 Å². The number of ether oxygens (including phenoxy) is 2. The van der Waals surface area contributed by atoms with Crippen molar-refractivity contribution in [2.45, 2.75) is 38.3 Å². The summed E-state index contributed by atoms with van der Waals surface area (Å²) in [6.07, 6.45) is 1.79. The Balaban J connectivity index is 2.02. The molecule has 1 fully saturated rings. The summed E-state index contributed by atoms with van der Waals surface area (Å²) in [6.45, 7) is 5.33. The van der Waals surface area contributed by atoms with Gasteiger partial charge in [0.2, 0.25) is 0 Å². The number of amides is 1. The third kappa shape index (κ3) is 4.45. The third-order valence-electron chi connectivity index (χ3n) is 3.57. The lowest BCUT2D eigenvalue weighted by atomic mass is 9.92. The predicted molar refractivity (Wildman–Crippen MR) is 86.3 cm³/mol. The Morgan fingerprint density at radius 2 is 1.95 bits per heavy atom. The first kappa shape index (κ1) is 16.3. The zero-order valence-electron chi connectivity index (χ0n) is 12.5. The maximum Gasteiger partial charge on any atom is 0.251 e. The topological polar surface area (TPSA) is 47.6 Å². The first-order valence-corrected chi connectivity index (χ1v) is 8.40. The highest BCUT2D eigenvalue weighted by Crippen LogP contribution is 2.24. The molecule has 5 heteroatoms. The molecule has 0 saturated carbocycles. The second-order valence-electron chi connectivity index (χ2n) is 5.67. The number of alkyl halides is 1. The van der Waals surface area contributed by atoms with Crippen molar-refractivity contribution >= 4 is 21.8 Å². The van der Waals surface area contributed by atoms with Crippen molar-refractivity contribution in [2.24, 2.45) is 0 Å². The molecule has 1 aromatic carbocycles. The summed E-state index contributed by atoms with van der Waals surface area (Å²) in [4.78, 5) is 12.4. The van der Waals surface area contributed by atoms with Gasteiger partial charge in [0, 0.05) is 24.1 Å². The van der Waals surface area contributed by atoms with Crippen LogP contribution in [-0.4, -0.2) is 36.1 Å². The first-order valence-electron chi connectivity index (χ1n) is 7.28. The molecule has 0 spiro atoms. The molecule has 1 amide bonds. The second-order valence-corrected chi connectivity index (χ2v) is 6.23. The summed E-state index contributed by atoms with van der Waals surface area (Å²) < 4.78 is 11.0. The molecule has 4 nitrogen and oxygen atoms in total. The van der Waals surface area contributed by atoms with Crippen LogP contribution in [0.15, 0.2) is 24.3 Å². The average Bonchev–Trinajstić information content (AvgIpc) is 2.48. The summed E-state index contributed by atoms with van der Waals surface area (Å²) in [5, 5.41) is 3.89. The predicted octanol–water partition coefficient (Wildman–Crippen LogP) is 3.15. The van der Waals surface area contributed by atoms with Crippen LogP contribution < -0.4 is 10.1 Å². The molecule has 21 heavy (non-hydrogen) atoms. The Morgan fingerprint density at radius 3 is 2.48 bits per heavy atom. The maximum absolute atomic E-state index is 12.4. The van der Waals surface area contributed by atoms with Crippen molar-refractivity contribution in [1.82, 2.24) is 5.32 Å². The van der Waals surface area contributed by atoms with Gasteiger partial charge in [-0.05, 0) is 51.0 Å². The average molecular weight is 356 g/mol. The van der Waals surface area contributed by atoms with Crippen LogP contribution in [0.3, 0.4) is 0 Å². The van der Waals surface area contributed by atoms with Crippen molar-refractivity contribution in [1.29, 1.82) is 0 Å². The number of rotatable bonds is 5. The van der Waals surface area contributed by atoms with Gasteiger partial charge in [-0.15, -0.1) is 0 Å². The molecule has 0 atom stereocenters. The van der Waals surface area contributed by atoms with Gasteiger partial charge in [0.15, 0.2) is 0 Å². The Morgan fingerprint density at radius 1 is 1.33 bits per heavy atom. The highest BCUT2D eigenvalue weighted by molar-refractivity contribution is 9.09. The van der Waals surface area contributed by atoms with Crippen LogP contribution in [0.4, 0.5) is 0 Å². The lowest BCUT2D eigenvalue weighted by molar-refractivity contribution is 0.0442. The van der Waals surface area contributed by atoms with Gasteiger partial charge in [-0.1, -0.05) is 15.9 Å². The molecule has 2 rings (SSSR count). The minimum absolute atomic E-state index is 0.0487. The van der Waals surface area contributed by atoms with Crippen molar-refractivity contribution < 1.29 is 14.3 Å². The largest absolute Gasteiger partial charge is 0.491 e. The van der Waals surface area contributed by atoms with Gasteiger partial charge < -0.3 is 14.8 Å². The van der Waals surface area contributed by atoms with Gasteiger partial charge in [-0.3, -0.25) is 4.79 Å². The lowest BCUT2D eigenvalue weighted by Crippen LogP contribution is -2.53. The van der Waals surface area contributed by atoms with E-state index < -0.39 is 0 Å². The molecule has 0 aliphatic carbocycles. The van der Waals surface area contributed by atoms with E-state index in [1.54, 1.807) is 12.1 Å². The molecule has 1 saturated heterocycles. The Bertz CT molecular complexity index is 467. The lowest BCUT2D eigenvalue weighted by Gasteiger charge is -2.36. The summed E-state index contributed by atoms with van der Waals surface area (Å²) >= 11 is 3.52. The molecular formula is C16H22BrNO3. The summed E-state index contributed by atoms with van der Waals surface area (Å²) in [5.41, 5.74) is 0.445. The normalized spacial score (nSPS) is 17.5. The number of halogens is 1. The first-order chi connectivity index (χ1) is 10.0. The molecule has 1 heterocycles. The molecular weight excluding hydrogens is 334 g/mol. The van der Waals surface area contributed by atoms with Gasteiger partial charge in [0.25, 0.3) is 5.91 Å². The Kier molecular flexibility index (Phi) is 5.65. The van der Waals surface area contributed by atoms with Gasteiger partial charge in [-0.25, -0.2) is 0 Å². The van der Waals surface area contributed by atoms with Crippen LogP contribution in [0.5, 0.6) is 5.75 Å². The molecule has 1 N–H and O–H groups in total. The quantitative estimate of drug-likeness (QED) is 0.825. The smallest absolute Gasteiger partial charge is 0.251 e. The van der Waals surface area contributed by atoms with Gasteiger partial charge in [0.05, 0.1) is 11.6 Å². The van der Waals surface area contributed by atoms with Crippen LogP contribution >= 0.6 is 15.9 Å². The SMILES string of the molecule is CC(C)Oc1ccc(C(=O)NC2(CBr)CCOCC2)cc1. The number of hydrogen-bond acceptors (Lipinski definition) is 3. The fraction of sp³-hybridized carbons (Fsp3) is 0.562. The highest BCUT2D eigenvalue weighted by atomic mass is 79.9. The summed E-state index contributed by atoms with van der Waals surface area (Å²) in [5.74, 6) is 0.732. The monoisotopic (exact) mass is 355 g/mol. The third-order valence-corrected chi connectivity index (χ3v) is 4.65. The fourth-order valence-corrected chi connectivity index (χ4v) is 3.03. The van der Waals surface area contributed by atoms with E-state index in [-0.39, 0.29) is 17.6 Å². The molecule has 1 aromatic rings. The minimum atomic E-state index is -0.206. The number of nitrogens with one attached hydrogen (secondary N) is 1. The van der Waals surface area contributed by atoms with E-state index in [4.69, 9.17) is 9.47 Å². The van der Waals surface area contributed by atoms with E-state index in [9.17, 15) is 4.79 Å². The molecule has 116 valence electrons. The number of carbonyl (C=O) groups is 1. The van der Waals surface area contributed by atoms with Crippen molar-refractivity contribution in [3.8, 4) is 5.75 Å². The van der Waals surface area contributed by atoms with Crippen molar-refractivity contribution in [3.63, 3.8) is 0 Å². The number of carbonyl (C=O) groups excluding carboxylic acids is 1. The van der Waals surface area contributed by atoms with E-state index in [0.29, 0.717) is 18.8 Å². The Labute approximate surface area is 134 Å². The van der Waals surface area contributed by atoms with Gasteiger partial charge >= 0.3 is 0 Å². The molecule has 0 aromatic heterocycles. The van der Waals surface area contributed by atoms with Crippen LogP contribution in [0.25, 0.3) is 0 Å². The van der Waals surface area contributed by atoms with Gasteiger partial charge in [0.1, 0.15) is 5.75 Å². The van der Waals surface area contributed by atoms with Crippen molar-refractivity contribution in [2.75, 3.05) is 18.5 Å². The molecule has 1 aliphatic rings. The molecule has 0 radical (unpaired) electrons. The maximum atomic E-state index is 12.4. The number of hydrogen-bond donors (Lipinski definition) is 1. The van der Waals surface area contributed by atoms with E-state index >= 15 is 0 Å². The minimum Gasteiger partial charge on any atom is -0.491 e. The van der Waals surface area contributed by atoms with E-state index in [1.807, 2.05) is 26.0 Å². The highest BCUT2D eigenvalue weighted by Gasteiger charge is 2.33.